The van der Waals surface area contributed by atoms with Crippen molar-refractivity contribution in [2.24, 2.45) is 5.41 Å². The predicted octanol–water partition coefficient (Wildman–Crippen LogP) is 4.90. The van der Waals surface area contributed by atoms with Gasteiger partial charge in [0.1, 0.15) is 0 Å². The normalized spacial score (nSPS) is 32.6. The zero-order valence-electron chi connectivity index (χ0n) is 10.9. The number of thiol groups is 1. The summed E-state index contributed by atoms with van der Waals surface area (Å²) in [6, 6.07) is 8.79. The van der Waals surface area contributed by atoms with Crippen LogP contribution in [0, 0.1) is 5.41 Å². The van der Waals surface area contributed by atoms with E-state index in [0.717, 1.165) is 11.0 Å². The van der Waals surface area contributed by atoms with Gasteiger partial charge in [-0.25, -0.2) is 0 Å². The van der Waals surface area contributed by atoms with E-state index in [4.69, 9.17) is 12.2 Å². The van der Waals surface area contributed by atoms with Gasteiger partial charge in [0.15, 0.2) is 0 Å². The first-order chi connectivity index (χ1) is 8.59. The van der Waals surface area contributed by atoms with Crippen molar-refractivity contribution in [3.8, 4) is 0 Å². The number of rotatable bonds is 5. The Morgan fingerprint density at radius 2 is 1.83 bits per heavy atom. The van der Waals surface area contributed by atoms with Gasteiger partial charge in [-0.2, -0.15) is 0 Å². The topological polar surface area (TPSA) is 0 Å². The summed E-state index contributed by atoms with van der Waals surface area (Å²) in [6.45, 7) is 2.29. The highest BCUT2D eigenvalue weighted by molar-refractivity contribution is 8.11. The zero-order chi connectivity index (χ0) is 12.8. The Hall–Kier alpha value is -0.340. The molecule has 0 N–H and O–H groups in total. The van der Waals surface area contributed by atoms with E-state index in [9.17, 15) is 0 Å². The molecule has 1 aromatic rings. The van der Waals surface area contributed by atoms with Gasteiger partial charge in [-0.15, -0.1) is 12.6 Å². The minimum Gasteiger partial charge on any atom is -0.131 e. The summed E-state index contributed by atoms with van der Waals surface area (Å²) in [6.07, 6.45) is 8.45. The Balaban J connectivity index is 1.67. The highest BCUT2D eigenvalue weighted by atomic mass is 32.1. The van der Waals surface area contributed by atoms with Crippen LogP contribution < -0.4 is 0 Å². The first-order valence-corrected chi connectivity index (χ1v) is 7.79. The monoisotopic (exact) mass is 276 g/mol. The van der Waals surface area contributed by atoms with E-state index >= 15 is 0 Å². The van der Waals surface area contributed by atoms with Crippen LogP contribution >= 0.6 is 24.8 Å². The lowest BCUT2D eigenvalue weighted by Gasteiger charge is -2.72. The second-order valence-electron chi connectivity index (χ2n) is 6.30. The minimum atomic E-state index is 0.532. The van der Waals surface area contributed by atoms with Crippen molar-refractivity contribution in [3.05, 3.63) is 35.4 Å². The quantitative estimate of drug-likeness (QED) is 0.589. The average Bonchev–Trinajstić information content (AvgIpc) is 2.26. The SMILES string of the molecule is CCCCC12CC(c3ccc(C(=S)S)cc3)(C1)C2. The zero-order valence-corrected chi connectivity index (χ0v) is 12.6. The molecular weight excluding hydrogens is 256 g/mol. The first-order valence-electron chi connectivity index (χ1n) is 6.93. The molecule has 0 atom stereocenters. The molecule has 0 aromatic heterocycles. The molecule has 2 bridgehead atoms. The van der Waals surface area contributed by atoms with Crippen molar-refractivity contribution in [1.29, 1.82) is 0 Å². The average molecular weight is 276 g/mol. The molecule has 1 aromatic carbocycles. The molecule has 3 aliphatic carbocycles. The van der Waals surface area contributed by atoms with E-state index in [1.54, 1.807) is 0 Å². The van der Waals surface area contributed by atoms with E-state index in [0.29, 0.717) is 9.61 Å². The number of thiocarbonyl (C=S) groups is 1. The van der Waals surface area contributed by atoms with Crippen LogP contribution in [0.2, 0.25) is 0 Å². The molecule has 0 spiro atoms. The molecule has 0 unspecified atom stereocenters. The van der Waals surface area contributed by atoms with Gasteiger partial charge in [-0.1, -0.05) is 56.2 Å². The van der Waals surface area contributed by atoms with Crippen molar-refractivity contribution in [2.45, 2.75) is 50.9 Å². The summed E-state index contributed by atoms with van der Waals surface area (Å²) in [7, 11) is 0. The van der Waals surface area contributed by atoms with Gasteiger partial charge in [0.25, 0.3) is 0 Å². The number of hydrogen-bond donors (Lipinski definition) is 1. The Morgan fingerprint density at radius 3 is 2.33 bits per heavy atom. The van der Waals surface area contributed by atoms with Crippen molar-refractivity contribution in [3.63, 3.8) is 0 Å². The van der Waals surface area contributed by atoms with Gasteiger partial charge in [0.05, 0.1) is 4.20 Å². The van der Waals surface area contributed by atoms with Crippen LogP contribution in [0.1, 0.15) is 56.6 Å². The highest BCUT2D eigenvalue weighted by Crippen LogP contribution is 2.75. The van der Waals surface area contributed by atoms with E-state index in [2.05, 4.69) is 43.8 Å². The molecule has 0 nitrogen and oxygen atoms in total. The summed E-state index contributed by atoms with van der Waals surface area (Å²) in [5, 5.41) is 0. The maximum Gasteiger partial charge on any atom is 0.0747 e. The summed E-state index contributed by atoms with van der Waals surface area (Å²) in [4.78, 5) is 0. The largest absolute Gasteiger partial charge is 0.131 e. The summed E-state index contributed by atoms with van der Waals surface area (Å²) in [5.74, 6) is 0. The Morgan fingerprint density at radius 1 is 1.22 bits per heavy atom. The molecule has 3 fully saturated rings. The fourth-order valence-corrected chi connectivity index (χ4v) is 4.37. The molecule has 0 amide bonds. The summed E-state index contributed by atoms with van der Waals surface area (Å²) in [5.41, 5.74) is 3.86. The lowest BCUT2D eigenvalue weighted by atomic mass is 9.32. The van der Waals surface area contributed by atoms with Crippen LogP contribution in [0.15, 0.2) is 24.3 Å². The molecule has 3 aliphatic rings. The first kappa shape index (κ1) is 12.7. The molecule has 0 radical (unpaired) electrons. The summed E-state index contributed by atoms with van der Waals surface area (Å²) < 4.78 is 0.693. The number of hydrogen-bond acceptors (Lipinski definition) is 1. The second-order valence-corrected chi connectivity index (χ2v) is 7.45. The van der Waals surface area contributed by atoms with Gasteiger partial charge in [-0.3, -0.25) is 0 Å². The van der Waals surface area contributed by atoms with E-state index in [-0.39, 0.29) is 0 Å². The highest BCUT2D eigenvalue weighted by Gasteiger charge is 2.67. The molecule has 96 valence electrons. The van der Waals surface area contributed by atoms with Gasteiger partial charge >= 0.3 is 0 Å². The molecule has 0 heterocycles. The summed E-state index contributed by atoms with van der Waals surface area (Å²) >= 11 is 9.31. The smallest absolute Gasteiger partial charge is 0.0747 e. The maximum atomic E-state index is 5.08. The fourth-order valence-electron chi connectivity index (χ4n) is 4.09. The van der Waals surface area contributed by atoms with E-state index in [1.807, 2.05) is 0 Å². The van der Waals surface area contributed by atoms with E-state index < -0.39 is 0 Å². The molecular formula is C16H20S2. The molecule has 18 heavy (non-hydrogen) atoms. The predicted molar refractivity (Wildman–Crippen MR) is 84.6 cm³/mol. The Kier molecular flexibility index (Phi) is 3.06. The molecule has 0 aliphatic heterocycles. The Bertz CT molecular complexity index is 453. The van der Waals surface area contributed by atoms with Crippen LogP contribution in [-0.4, -0.2) is 4.20 Å². The minimum absolute atomic E-state index is 0.532. The third kappa shape index (κ3) is 1.85. The van der Waals surface area contributed by atoms with Crippen LogP contribution in [-0.2, 0) is 5.41 Å². The van der Waals surface area contributed by atoms with Crippen LogP contribution in [0.5, 0.6) is 0 Å². The van der Waals surface area contributed by atoms with Crippen molar-refractivity contribution >= 4 is 29.0 Å². The molecule has 0 saturated heterocycles. The number of unbranched alkanes of at least 4 members (excludes halogenated alkanes) is 1. The lowest BCUT2D eigenvalue weighted by molar-refractivity contribution is -0.147. The molecule has 4 rings (SSSR count). The van der Waals surface area contributed by atoms with Gasteiger partial charge in [-0.05, 0) is 47.6 Å². The third-order valence-electron chi connectivity index (χ3n) is 4.95. The third-order valence-corrected chi connectivity index (χ3v) is 5.44. The second kappa shape index (κ2) is 4.35. The van der Waals surface area contributed by atoms with Crippen LogP contribution in [0.3, 0.4) is 0 Å². The molecule has 2 heteroatoms. The van der Waals surface area contributed by atoms with E-state index in [1.165, 1.54) is 44.1 Å². The van der Waals surface area contributed by atoms with Gasteiger partial charge in [0.2, 0.25) is 0 Å². The van der Waals surface area contributed by atoms with Crippen molar-refractivity contribution in [2.75, 3.05) is 0 Å². The maximum absolute atomic E-state index is 5.08. The van der Waals surface area contributed by atoms with Crippen molar-refractivity contribution < 1.29 is 0 Å². The van der Waals surface area contributed by atoms with Gasteiger partial charge < -0.3 is 0 Å². The standard InChI is InChI=1S/C16H20S2/c1-2-3-8-15-9-16(10-15,11-15)13-6-4-12(5-7-13)14(17)18/h4-7H,2-3,8-11H2,1H3,(H,17,18). The number of benzene rings is 1. The van der Waals surface area contributed by atoms with Gasteiger partial charge in [0, 0.05) is 0 Å². The fraction of sp³-hybridized carbons (Fsp3) is 0.562. The van der Waals surface area contributed by atoms with Crippen LogP contribution in [0.25, 0.3) is 0 Å². The lowest BCUT2D eigenvalue weighted by Crippen LogP contribution is -2.64. The van der Waals surface area contributed by atoms with Crippen LogP contribution in [0.4, 0.5) is 0 Å². The Labute approximate surface area is 121 Å². The van der Waals surface area contributed by atoms with Crippen molar-refractivity contribution in [1.82, 2.24) is 0 Å². The molecule has 3 saturated carbocycles.